The second-order valence-electron chi connectivity index (χ2n) is 4.60. The van der Waals surface area contributed by atoms with Crippen molar-refractivity contribution in [1.82, 2.24) is 19.9 Å². The predicted molar refractivity (Wildman–Crippen MR) is 88.9 cm³/mol. The van der Waals surface area contributed by atoms with Crippen molar-refractivity contribution in [3.8, 4) is 22.2 Å². The van der Waals surface area contributed by atoms with E-state index in [1.165, 1.54) is 0 Å². The van der Waals surface area contributed by atoms with Crippen LogP contribution in [0.4, 0.5) is 0 Å². The van der Waals surface area contributed by atoms with E-state index in [0.717, 1.165) is 20.8 Å². The summed E-state index contributed by atoms with van der Waals surface area (Å²) in [7, 11) is 0. The quantitative estimate of drug-likeness (QED) is 0.546. The average molecular weight is 325 g/mol. The molecule has 4 aromatic rings. The molecule has 0 aliphatic carbocycles. The molecule has 0 spiro atoms. The molecular weight excluding hydrogens is 316 g/mol. The number of hydrogen-bond acceptors (Lipinski definition) is 5. The summed E-state index contributed by atoms with van der Waals surface area (Å²) in [6.07, 6.45) is 0. The van der Waals surface area contributed by atoms with Crippen LogP contribution in [-0.4, -0.2) is 19.9 Å². The molecule has 0 N–H and O–H groups in total. The molecule has 0 aliphatic rings. The van der Waals surface area contributed by atoms with Crippen molar-refractivity contribution in [2.75, 3.05) is 0 Å². The van der Waals surface area contributed by atoms with Crippen LogP contribution in [0.3, 0.4) is 0 Å². The van der Waals surface area contributed by atoms with Gasteiger partial charge in [0.2, 0.25) is 5.28 Å². The molecule has 0 aliphatic heterocycles. The summed E-state index contributed by atoms with van der Waals surface area (Å²) in [6, 6.07) is 17.6. The molecule has 0 amide bonds. The highest BCUT2D eigenvalue weighted by atomic mass is 35.5. The molecule has 4 nitrogen and oxygen atoms in total. The minimum Gasteiger partial charge on any atom is -0.233 e. The van der Waals surface area contributed by atoms with Gasteiger partial charge in [-0.1, -0.05) is 42.5 Å². The maximum Gasteiger partial charge on any atom is 0.226 e. The van der Waals surface area contributed by atoms with Crippen LogP contribution in [0.5, 0.6) is 0 Å². The first-order chi connectivity index (χ1) is 10.8. The molecule has 2 heterocycles. The van der Waals surface area contributed by atoms with Crippen molar-refractivity contribution in [3.05, 3.63) is 59.9 Å². The first kappa shape index (κ1) is 13.3. The Balaban J connectivity index is 1.86. The Morgan fingerprint density at radius 2 is 1.45 bits per heavy atom. The molecule has 106 valence electrons. The summed E-state index contributed by atoms with van der Waals surface area (Å²) in [5.41, 5.74) is 1.83. The van der Waals surface area contributed by atoms with Crippen LogP contribution in [0.2, 0.25) is 5.28 Å². The smallest absolute Gasteiger partial charge is 0.226 e. The van der Waals surface area contributed by atoms with E-state index in [9.17, 15) is 0 Å². The minimum atomic E-state index is 0.170. The summed E-state index contributed by atoms with van der Waals surface area (Å²) in [5.74, 6) is 1.05. The summed E-state index contributed by atoms with van der Waals surface area (Å²) < 4.78 is 1.09. The van der Waals surface area contributed by atoms with E-state index in [1.807, 2.05) is 54.6 Å². The van der Waals surface area contributed by atoms with Crippen molar-refractivity contribution in [3.63, 3.8) is 0 Å². The van der Waals surface area contributed by atoms with Gasteiger partial charge in [-0.05, 0) is 23.7 Å². The lowest BCUT2D eigenvalue weighted by Gasteiger charge is -2.02. The highest BCUT2D eigenvalue weighted by molar-refractivity contribution is 7.21. The molecule has 0 unspecified atom stereocenters. The number of halogens is 1. The third-order valence-electron chi connectivity index (χ3n) is 3.13. The first-order valence-electron chi connectivity index (χ1n) is 6.62. The van der Waals surface area contributed by atoms with Gasteiger partial charge in [0.1, 0.15) is 0 Å². The summed E-state index contributed by atoms with van der Waals surface area (Å²) in [5, 5.41) is 0.908. The van der Waals surface area contributed by atoms with Gasteiger partial charge in [0.15, 0.2) is 16.7 Å². The van der Waals surface area contributed by atoms with E-state index >= 15 is 0 Å². The van der Waals surface area contributed by atoms with Crippen LogP contribution >= 0.6 is 22.9 Å². The monoisotopic (exact) mass is 324 g/mol. The molecule has 2 aromatic heterocycles. The second-order valence-corrected chi connectivity index (χ2v) is 5.97. The van der Waals surface area contributed by atoms with Gasteiger partial charge in [-0.2, -0.15) is 9.97 Å². The van der Waals surface area contributed by atoms with E-state index in [4.69, 9.17) is 11.6 Å². The molecule has 22 heavy (non-hydrogen) atoms. The van der Waals surface area contributed by atoms with Crippen LogP contribution in [0.1, 0.15) is 0 Å². The lowest BCUT2D eigenvalue weighted by Crippen LogP contribution is -1.96. The fourth-order valence-corrected chi connectivity index (χ4v) is 3.19. The fourth-order valence-electron chi connectivity index (χ4n) is 2.13. The SMILES string of the molecule is Clc1nc(-c2ccccc2)nc(-c2nc3ccccc3s2)n1. The Bertz CT molecular complexity index is 920. The molecule has 2 aromatic carbocycles. The lowest BCUT2D eigenvalue weighted by molar-refractivity contribution is 1.06. The predicted octanol–water partition coefficient (Wildman–Crippen LogP) is 4.47. The lowest BCUT2D eigenvalue weighted by atomic mass is 10.2. The number of benzene rings is 2. The Morgan fingerprint density at radius 3 is 2.27 bits per heavy atom. The Morgan fingerprint density at radius 1 is 0.727 bits per heavy atom. The molecule has 0 saturated carbocycles. The summed E-state index contributed by atoms with van der Waals surface area (Å²) in [4.78, 5) is 17.5. The van der Waals surface area contributed by atoms with E-state index in [2.05, 4.69) is 19.9 Å². The third kappa shape index (κ3) is 2.45. The third-order valence-corrected chi connectivity index (χ3v) is 4.33. The summed E-state index contributed by atoms with van der Waals surface area (Å²) >= 11 is 7.60. The van der Waals surface area contributed by atoms with Gasteiger partial charge in [-0.3, -0.25) is 0 Å². The van der Waals surface area contributed by atoms with Crippen LogP contribution < -0.4 is 0 Å². The topological polar surface area (TPSA) is 51.6 Å². The van der Waals surface area contributed by atoms with Crippen molar-refractivity contribution in [1.29, 1.82) is 0 Å². The minimum absolute atomic E-state index is 0.170. The number of nitrogens with zero attached hydrogens (tertiary/aromatic N) is 4. The Kier molecular flexibility index (Phi) is 3.29. The number of para-hydroxylation sites is 1. The van der Waals surface area contributed by atoms with E-state index < -0.39 is 0 Å². The van der Waals surface area contributed by atoms with Crippen LogP contribution in [0.25, 0.3) is 32.4 Å². The molecule has 0 radical (unpaired) electrons. The molecule has 4 rings (SSSR count). The van der Waals surface area contributed by atoms with E-state index in [1.54, 1.807) is 11.3 Å². The normalized spacial score (nSPS) is 11.0. The van der Waals surface area contributed by atoms with Gasteiger partial charge in [-0.25, -0.2) is 9.97 Å². The van der Waals surface area contributed by atoms with Gasteiger partial charge < -0.3 is 0 Å². The van der Waals surface area contributed by atoms with Gasteiger partial charge in [0.05, 0.1) is 10.2 Å². The average Bonchev–Trinajstić information content (AvgIpc) is 2.99. The fraction of sp³-hybridized carbons (Fsp3) is 0. The zero-order valence-corrected chi connectivity index (χ0v) is 12.8. The van der Waals surface area contributed by atoms with Gasteiger partial charge >= 0.3 is 0 Å². The first-order valence-corrected chi connectivity index (χ1v) is 7.82. The zero-order chi connectivity index (χ0) is 14.9. The van der Waals surface area contributed by atoms with E-state index in [0.29, 0.717) is 11.6 Å². The van der Waals surface area contributed by atoms with Gasteiger partial charge in [0, 0.05) is 5.56 Å². The van der Waals surface area contributed by atoms with Gasteiger partial charge in [0.25, 0.3) is 0 Å². The Labute approximate surface area is 135 Å². The number of rotatable bonds is 2. The highest BCUT2D eigenvalue weighted by Crippen LogP contribution is 2.29. The molecule has 0 saturated heterocycles. The highest BCUT2D eigenvalue weighted by Gasteiger charge is 2.13. The largest absolute Gasteiger partial charge is 0.233 e. The molecular formula is C16H9ClN4S. The maximum atomic E-state index is 6.06. The molecule has 0 atom stereocenters. The Hall–Kier alpha value is -2.37. The second kappa shape index (κ2) is 5.44. The molecule has 0 bridgehead atoms. The standard InChI is InChI=1S/C16H9ClN4S/c17-16-20-13(10-6-2-1-3-7-10)19-14(21-16)15-18-11-8-4-5-9-12(11)22-15/h1-9H. The number of thiazole rings is 1. The number of hydrogen-bond donors (Lipinski definition) is 0. The van der Waals surface area contributed by atoms with Crippen molar-refractivity contribution in [2.45, 2.75) is 0 Å². The maximum absolute atomic E-state index is 6.06. The van der Waals surface area contributed by atoms with Crippen molar-refractivity contribution >= 4 is 33.2 Å². The van der Waals surface area contributed by atoms with Crippen LogP contribution in [0.15, 0.2) is 54.6 Å². The summed E-state index contributed by atoms with van der Waals surface area (Å²) in [6.45, 7) is 0. The van der Waals surface area contributed by atoms with Crippen molar-refractivity contribution in [2.24, 2.45) is 0 Å². The molecule has 0 fully saturated rings. The van der Waals surface area contributed by atoms with Crippen LogP contribution in [0, 0.1) is 0 Å². The number of aromatic nitrogens is 4. The van der Waals surface area contributed by atoms with Gasteiger partial charge in [-0.15, -0.1) is 11.3 Å². The molecule has 6 heteroatoms. The van der Waals surface area contributed by atoms with E-state index in [-0.39, 0.29) is 5.28 Å². The van der Waals surface area contributed by atoms with Crippen LogP contribution in [-0.2, 0) is 0 Å². The van der Waals surface area contributed by atoms with Crippen molar-refractivity contribution < 1.29 is 0 Å². The zero-order valence-electron chi connectivity index (χ0n) is 11.3. The number of fused-ring (bicyclic) bond motifs is 1.